The second-order valence-corrected chi connectivity index (χ2v) is 8.11. The summed E-state index contributed by atoms with van der Waals surface area (Å²) in [5.41, 5.74) is -0.392. The van der Waals surface area contributed by atoms with Gasteiger partial charge in [-0.3, -0.25) is 4.79 Å². The third-order valence-corrected chi connectivity index (χ3v) is 6.09. The molecule has 0 spiro atoms. The lowest BCUT2D eigenvalue weighted by atomic mass is 9.99. The number of halogens is 3. The van der Waals surface area contributed by atoms with Crippen LogP contribution in [-0.4, -0.2) is 41.9 Å². The van der Waals surface area contributed by atoms with E-state index >= 15 is 0 Å². The minimum Gasteiger partial charge on any atom is -0.467 e. The molecule has 29 heavy (non-hydrogen) atoms. The summed E-state index contributed by atoms with van der Waals surface area (Å²) in [6.45, 7) is 2.17. The number of likely N-dealkylation sites (tertiary alicyclic amines) is 1. The van der Waals surface area contributed by atoms with Gasteiger partial charge in [-0.15, -0.1) is 0 Å². The first-order valence-electron chi connectivity index (χ1n) is 10.0. The maximum absolute atomic E-state index is 13.4. The number of carbonyl (C=O) groups is 1. The maximum Gasteiger partial charge on any atom is 0.416 e. The molecule has 1 saturated carbocycles. The van der Waals surface area contributed by atoms with Gasteiger partial charge in [0.25, 0.3) is 0 Å². The Morgan fingerprint density at radius 2 is 1.90 bits per heavy atom. The molecule has 1 aromatic heterocycles. The molecular formula is C22H25F3N2O2. The Balaban J connectivity index is 1.53. The van der Waals surface area contributed by atoms with Crippen LogP contribution in [0.1, 0.15) is 42.1 Å². The van der Waals surface area contributed by atoms with Gasteiger partial charge < -0.3 is 14.2 Å². The van der Waals surface area contributed by atoms with Crippen molar-refractivity contribution >= 4 is 5.91 Å². The van der Waals surface area contributed by atoms with Crippen LogP contribution in [0.4, 0.5) is 13.2 Å². The van der Waals surface area contributed by atoms with Crippen LogP contribution in [0.5, 0.6) is 0 Å². The number of carbonyl (C=O) groups excluding carboxylic acids is 1. The molecule has 2 unspecified atom stereocenters. The van der Waals surface area contributed by atoms with Gasteiger partial charge in [0.2, 0.25) is 5.91 Å². The number of amides is 1. The van der Waals surface area contributed by atoms with Crippen molar-refractivity contribution in [3.8, 4) is 0 Å². The van der Waals surface area contributed by atoms with E-state index < -0.39 is 17.7 Å². The molecule has 1 amide bonds. The van der Waals surface area contributed by atoms with E-state index in [9.17, 15) is 18.0 Å². The smallest absolute Gasteiger partial charge is 0.416 e. The number of rotatable bonds is 5. The van der Waals surface area contributed by atoms with Gasteiger partial charge in [0.1, 0.15) is 5.76 Å². The van der Waals surface area contributed by atoms with Crippen molar-refractivity contribution < 1.29 is 22.4 Å². The summed E-state index contributed by atoms with van der Waals surface area (Å²) in [7, 11) is 2.06. The van der Waals surface area contributed by atoms with Gasteiger partial charge in [-0.05, 0) is 69.1 Å². The normalized spacial score (nSPS) is 23.2. The van der Waals surface area contributed by atoms with E-state index in [0.717, 1.165) is 32.0 Å². The number of furan rings is 1. The summed E-state index contributed by atoms with van der Waals surface area (Å²) in [4.78, 5) is 17.4. The lowest BCUT2D eigenvalue weighted by molar-refractivity contribution is -0.139. The van der Waals surface area contributed by atoms with Crippen molar-refractivity contribution in [1.82, 2.24) is 9.80 Å². The van der Waals surface area contributed by atoms with Gasteiger partial charge in [0.05, 0.1) is 18.4 Å². The van der Waals surface area contributed by atoms with Gasteiger partial charge in [-0.25, -0.2) is 0 Å². The minimum atomic E-state index is -4.41. The second-order valence-electron chi connectivity index (χ2n) is 8.11. The average molecular weight is 406 g/mol. The second kappa shape index (κ2) is 7.86. The summed E-state index contributed by atoms with van der Waals surface area (Å²) in [5, 5.41) is 0. The van der Waals surface area contributed by atoms with Crippen LogP contribution in [0.15, 0.2) is 47.1 Å². The first-order chi connectivity index (χ1) is 13.8. The monoisotopic (exact) mass is 406 g/mol. The molecule has 1 aliphatic carbocycles. The van der Waals surface area contributed by atoms with E-state index in [1.54, 1.807) is 18.4 Å². The summed E-state index contributed by atoms with van der Waals surface area (Å²) in [6.07, 6.45) is -0.646. The first kappa shape index (κ1) is 20.0. The molecule has 156 valence electrons. The standard InChI is InChI=1S/C22H25F3N2O2/c1-26-10-8-15(9-11-26)27(14-16-5-4-12-29-16)21(28)19-13-18(19)17-6-2-3-7-20(17)22(23,24)25/h2-7,12,15,18-19H,8-11,13-14H2,1H3. The summed E-state index contributed by atoms with van der Waals surface area (Å²) < 4.78 is 45.6. The largest absolute Gasteiger partial charge is 0.467 e. The van der Waals surface area contributed by atoms with Crippen LogP contribution >= 0.6 is 0 Å². The molecule has 0 bridgehead atoms. The first-order valence-corrected chi connectivity index (χ1v) is 10.0. The van der Waals surface area contributed by atoms with Crippen LogP contribution in [0.3, 0.4) is 0 Å². The molecule has 0 radical (unpaired) electrons. The zero-order valence-corrected chi connectivity index (χ0v) is 16.4. The van der Waals surface area contributed by atoms with Crippen LogP contribution in [0.2, 0.25) is 0 Å². The Bertz CT molecular complexity index is 842. The summed E-state index contributed by atoms with van der Waals surface area (Å²) in [5.74, 6) is -0.123. The predicted octanol–water partition coefficient (Wildman–Crippen LogP) is 4.52. The molecule has 0 N–H and O–H groups in total. The number of piperidine rings is 1. The number of benzene rings is 1. The molecule has 2 aromatic rings. The molecule has 1 saturated heterocycles. The predicted molar refractivity (Wildman–Crippen MR) is 102 cm³/mol. The SMILES string of the molecule is CN1CCC(N(Cc2ccco2)C(=O)C2CC2c2ccccc2C(F)(F)F)CC1. The molecule has 2 fully saturated rings. The van der Waals surface area contributed by atoms with Crippen LogP contribution in [-0.2, 0) is 17.5 Å². The van der Waals surface area contributed by atoms with Crippen molar-refractivity contribution in [1.29, 1.82) is 0 Å². The third-order valence-electron chi connectivity index (χ3n) is 6.09. The van der Waals surface area contributed by atoms with E-state index in [-0.39, 0.29) is 23.4 Å². The molecular weight excluding hydrogens is 381 g/mol. The molecule has 2 atom stereocenters. The van der Waals surface area contributed by atoms with E-state index in [1.807, 2.05) is 11.0 Å². The molecule has 1 aromatic carbocycles. The van der Waals surface area contributed by atoms with Gasteiger partial charge in [-0.1, -0.05) is 18.2 Å². The maximum atomic E-state index is 13.4. The lowest BCUT2D eigenvalue weighted by Gasteiger charge is -2.37. The fourth-order valence-electron chi connectivity index (χ4n) is 4.37. The number of hydrogen-bond acceptors (Lipinski definition) is 3. The fourth-order valence-corrected chi connectivity index (χ4v) is 4.37. The van der Waals surface area contributed by atoms with Gasteiger partial charge in [-0.2, -0.15) is 13.2 Å². The number of alkyl halides is 3. The summed E-state index contributed by atoms with van der Waals surface area (Å²) >= 11 is 0. The van der Waals surface area contributed by atoms with E-state index in [0.29, 0.717) is 18.7 Å². The van der Waals surface area contributed by atoms with Crippen molar-refractivity contribution in [2.45, 2.75) is 43.9 Å². The van der Waals surface area contributed by atoms with E-state index in [4.69, 9.17) is 4.42 Å². The average Bonchev–Trinajstić information content (AvgIpc) is 3.33. The van der Waals surface area contributed by atoms with Crippen molar-refractivity contribution in [2.24, 2.45) is 5.92 Å². The zero-order valence-electron chi connectivity index (χ0n) is 16.4. The Hall–Kier alpha value is -2.28. The van der Waals surface area contributed by atoms with Crippen LogP contribution in [0, 0.1) is 5.92 Å². The molecule has 7 heteroatoms. The molecule has 2 aliphatic rings. The fraction of sp³-hybridized carbons (Fsp3) is 0.500. The zero-order chi connectivity index (χ0) is 20.6. The highest BCUT2D eigenvalue weighted by molar-refractivity contribution is 5.83. The van der Waals surface area contributed by atoms with Gasteiger partial charge in [0, 0.05) is 12.0 Å². The molecule has 2 heterocycles. The highest BCUT2D eigenvalue weighted by Gasteiger charge is 2.50. The Morgan fingerprint density at radius 3 is 2.55 bits per heavy atom. The highest BCUT2D eigenvalue weighted by atomic mass is 19.4. The lowest BCUT2D eigenvalue weighted by Crippen LogP contribution is -2.46. The summed E-state index contributed by atoms with van der Waals surface area (Å²) in [6, 6.07) is 9.32. The third kappa shape index (κ3) is 4.34. The van der Waals surface area contributed by atoms with Gasteiger partial charge in [0.15, 0.2) is 0 Å². The van der Waals surface area contributed by atoms with Crippen molar-refractivity contribution in [3.63, 3.8) is 0 Å². The van der Waals surface area contributed by atoms with Crippen molar-refractivity contribution in [2.75, 3.05) is 20.1 Å². The topological polar surface area (TPSA) is 36.7 Å². The molecule has 4 rings (SSSR count). The number of nitrogens with zero attached hydrogens (tertiary/aromatic N) is 2. The van der Waals surface area contributed by atoms with Crippen LogP contribution < -0.4 is 0 Å². The van der Waals surface area contributed by atoms with E-state index in [1.165, 1.54) is 12.1 Å². The quantitative estimate of drug-likeness (QED) is 0.732. The molecule has 1 aliphatic heterocycles. The van der Waals surface area contributed by atoms with Crippen LogP contribution in [0.25, 0.3) is 0 Å². The van der Waals surface area contributed by atoms with Gasteiger partial charge >= 0.3 is 6.18 Å². The Kier molecular flexibility index (Phi) is 5.42. The Morgan fingerprint density at radius 1 is 1.17 bits per heavy atom. The highest BCUT2D eigenvalue weighted by Crippen LogP contribution is 2.52. The van der Waals surface area contributed by atoms with E-state index in [2.05, 4.69) is 11.9 Å². The molecule has 4 nitrogen and oxygen atoms in total. The Labute approximate surface area is 168 Å². The minimum absolute atomic E-state index is 0.0575. The number of hydrogen-bond donors (Lipinski definition) is 0. The van der Waals surface area contributed by atoms with Crippen molar-refractivity contribution in [3.05, 3.63) is 59.5 Å².